The van der Waals surface area contributed by atoms with Gasteiger partial charge in [-0.1, -0.05) is 0 Å². The van der Waals surface area contributed by atoms with Gasteiger partial charge in [0.2, 0.25) is 5.91 Å². The summed E-state index contributed by atoms with van der Waals surface area (Å²) < 4.78 is 0. The van der Waals surface area contributed by atoms with E-state index in [2.05, 4.69) is 9.97 Å². The van der Waals surface area contributed by atoms with Crippen molar-refractivity contribution < 1.29 is 14.7 Å². The predicted molar refractivity (Wildman–Crippen MR) is 71.5 cm³/mol. The number of likely N-dealkylation sites (N-methyl/N-ethyl adjacent to an activating group) is 1. The second kappa shape index (κ2) is 6.51. The second-order valence-corrected chi connectivity index (χ2v) is 5.06. The van der Waals surface area contributed by atoms with E-state index in [0.29, 0.717) is 25.3 Å². The highest BCUT2D eigenvalue weighted by Gasteiger charge is 2.27. The third kappa shape index (κ3) is 3.57. The largest absolute Gasteiger partial charge is 0.383 e. The van der Waals surface area contributed by atoms with Crippen LogP contribution >= 0.6 is 0 Å². The topological polar surface area (TPSA) is 89.5 Å². The summed E-state index contributed by atoms with van der Waals surface area (Å²) in [5.74, 6) is 0.189. The maximum absolute atomic E-state index is 12.1. The number of rotatable bonds is 4. The molecule has 2 N–H and O–H groups in total. The summed E-state index contributed by atoms with van der Waals surface area (Å²) in [6, 6.07) is 0. The van der Waals surface area contributed by atoms with Crippen molar-refractivity contribution in [2.45, 2.75) is 31.9 Å². The first-order chi connectivity index (χ1) is 9.58. The average molecular weight is 280 g/mol. The van der Waals surface area contributed by atoms with Crippen LogP contribution in [-0.2, 0) is 16.1 Å². The van der Waals surface area contributed by atoms with E-state index in [1.54, 1.807) is 19.4 Å². The number of aliphatic hydroxyl groups is 1. The van der Waals surface area contributed by atoms with Crippen LogP contribution in [-0.4, -0.2) is 62.9 Å². The van der Waals surface area contributed by atoms with Gasteiger partial charge >= 0.3 is 0 Å². The van der Waals surface area contributed by atoms with Gasteiger partial charge in [0.1, 0.15) is 11.9 Å². The van der Waals surface area contributed by atoms with Crippen molar-refractivity contribution >= 4 is 11.8 Å². The van der Waals surface area contributed by atoms with Gasteiger partial charge in [-0.05, 0) is 19.3 Å². The highest BCUT2D eigenvalue weighted by atomic mass is 16.3. The number of imidazole rings is 1. The number of nitrogens with zero attached hydrogens (tertiary/aromatic N) is 3. The summed E-state index contributed by atoms with van der Waals surface area (Å²) in [6.45, 7) is 0.903. The van der Waals surface area contributed by atoms with E-state index in [1.807, 2.05) is 0 Å². The monoisotopic (exact) mass is 280 g/mol. The van der Waals surface area contributed by atoms with Crippen molar-refractivity contribution in [3.05, 3.63) is 18.2 Å². The van der Waals surface area contributed by atoms with Gasteiger partial charge in [-0.3, -0.25) is 9.59 Å². The van der Waals surface area contributed by atoms with Crippen molar-refractivity contribution in [1.29, 1.82) is 0 Å². The molecule has 0 bridgehead atoms. The van der Waals surface area contributed by atoms with Gasteiger partial charge in [0.05, 0.1) is 13.1 Å². The molecule has 0 aliphatic carbocycles. The summed E-state index contributed by atoms with van der Waals surface area (Å²) in [5.41, 5.74) is 0. The number of hydrogen-bond donors (Lipinski definition) is 2. The van der Waals surface area contributed by atoms with Crippen molar-refractivity contribution in [2.75, 3.05) is 20.1 Å². The van der Waals surface area contributed by atoms with Crippen LogP contribution in [0.5, 0.6) is 0 Å². The van der Waals surface area contributed by atoms with Crippen LogP contribution in [0.15, 0.2) is 12.4 Å². The van der Waals surface area contributed by atoms with Crippen LogP contribution in [0.2, 0.25) is 0 Å². The third-order valence-corrected chi connectivity index (χ3v) is 3.45. The Kier molecular flexibility index (Phi) is 4.73. The molecule has 1 aromatic heterocycles. The standard InChI is InChI=1S/C13H20N4O3/c1-16(8-11-14-5-6-15-11)12(19)9-17-7-3-2-4-10(18)13(17)20/h5-6,10,18H,2-4,7-9H2,1H3,(H,14,15). The van der Waals surface area contributed by atoms with Gasteiger partial charge in [-0.25, -0.2) is 4.98 Å². The first kappa shape index (κ1) is 14.5. The Labute approximate surface area is 117 Å². The van der Waals surface area contributed by atoms with Crippen LogP contribution in [0.1, 0.15) is 25.1 Å². The molecule has 7 heteroatoms. The molecule has 0 spiro atoms. The quantitative estimate of drug-likeness (QED) is 0.795. The van der Waals surface area contributed by atoms with Gasteiger partial charge in [0.25, 0.3) is 5.91 Å². The number of likely N-dealkylation sites (tertiary alicyclic amines) is 1. The highest BCUT2D eigenvalue weighted by molar-refractivity contribution is 5.86. The summed E-state index contributed by atoms with van der Waals surface area (Å²) in [7, 11) is 1.67. The van der Waals surface area contributed by atoms with Crippen molar-refractivity contribution in [2.24, 2.45) is 0 Å². The molecule has 0 radical (unpaired) electrons. The summed E-state index contributed by atoms with van der Waals surface area (Å²) >= 11 is 0. The number of amides is 2. The molecule has 110 valence electrons. The molecule has 1 aliphatic heterocycles. The maximum atomic E-state index is 12.1. The minimum atomic E-state index is -0.972. The van der Waals surface area contributed by atoms with Gasteiger partial charge in [0, 0.05) is 26.0 Å². The third-order valence-electron chi connectivity index (χ3n) is 3.45. The molecule has 2 heterocycles. The van der Waals surface area contributed by atoms with Crippen molar-refractivity contribution in [3.8, 4) is 0 Å². The number of aromatic nitrogens is 2. The summed E-state index contributed by atoms with van der Waals surface area (Å²) in [4.78, 5) is 34.0. The molecule has 2 amide bonds. The van der Waals surface area contributed by atoms with Crippen molar-refractivity contribution in [1.82, 2.24) is 19.8 Å². The SMILES string of the molecule is CN(Cc1ncc[nH]1)C(=O)CN1CCCCC(O)C1=O. The lowest BCUT2D eigenvalue weighted by Crippen LogP contribution is -2.44. The fourth-order valence-electron chi connectivity index (χ4n) is 2.22. The number of hydrogen-bond acceptors (Lipinski definition) is 4. The Morgan fingerprint density at radius 2 is 2.40 bits per heavy atom. The molecule has 2 rings (SSSR count). The number of H-pyrrole nitrogens is 1. The second-order valence-electron chi connectivity index (χ2n) is 5.06. The highest BCUT2D eigenvalue weighted by Crippen LogP contribution is 2.12. The van der Waals surface area contributed by atoms with Gasteiger partial charge in [-0.2, -0.15) is 0 Å². The summed E-state index contributed by atoms with van der Waals surface area (Å²) in [5, 5.41) is 9.66. The van der Waals surface area contributed by atoms with E-state index in [9.17, 15) is 14.7 Å². The van der Waals surface area contributed by atoms with E-state index in [1.165, 1.54) is 9.80 Å². The first-order valence-electron chi connectivity index (χ1n) is 6.77. The zero-order valence-corrected chi connectivity index (χ0v) is 11.6. The van der Waals surface area contributed by atoms with E-state index in [4.69, 9.17) is 0 Å². The van der Waals surface area contributed by atoms with Crippen molar-refractivity contribution in [3.63, 3.8) is 0 Å². The lowest BCUT2D eigenvalue weighted by atomic mass is 10.2. The molecule has 20 heavy (non-hydrogen) atoms. The fourth-order valence-corrected chi connectivity index (χ4v) is 2.22. The van der Waals surface area contributed by atoms with Crippen LogP contribution in [0.3, 0.4) is 0 Å². The van der Waals surface area contributed by atoms with E-state index in [0.717, 1.165) is 12.8 Å². The molecule has 0 aromatic carbocycles. The van der Waals surface area contributed by atoms with Gasteiger partial charge < -0.3 is 19.9 Å². The molecular formula is C13H20N4O3. The fraction of sp³-hybridized carbons (Fsp3) is 0.615. The molecule has 1 aromatic rings. The molecule has 1 atom stereocenters. The Bertz CT molecular complexity index is 460. The molecule has 1 unspecified atom stereocenters. The van der Waals surface area contributed by atoms with Crippen LogP contribution in [0.25, 0.3) is 0 Å². The van der Waals surface area contributed by atoms with Crippen LogP contribution < -0.4 is 0 Å². The van der Waals surface area contributed by atoms with E-state index >= 15 is 0 Å². The van der Waals surface area contributed by atoms with Gasteiger partial charge in [-0.15, -0.1) is 0 Å². The molecule has 1 aliphatic rings. The first-order valence-corrected chi connectivity index (χ1v) is 6.77. The normalized spacial score (nSPS) is 19.8. The zero-order valence-electron chi connectivity index (χ0n) is 11.6. The molecule has 1 saturated heterocycles. The Morgan fingerprint density at radius 3 is 3.10 bits per heavy atom. The van der Waals surface area contributed by atoms with E-state index < -0.39 is 6.10 Å². The van der Waals surface area contributed by atoms with Crippen LogP contribution in [0, 0.1) is 0 Å². The molecular weight excluding hydrogens is 260 g/mol. The summed E-state index contributed by atoms with van der Waals surface area (Å²) in [6.07, 6.45) is 4.45. The Balaban J connectivity index is 1.90. The minimum absolute atomic E-state index is 0.00705. The molecule has 0 saturated carbocycles. The number of carbonyl (C=O) groups is 2. The number of carbonyl (C=O) groups excluding carboxylic acids is 2. The Morgan fingerprint density at radius 1 is 1.60 bits per heavy atom. The number of nitrogens with one attached hydrogen (secondary N) is 1. The van der Waals surface area contributed by atoms with E-state index in [-0.39, 0.29) is 18.4 Å². The maximum Gasteiger partial charge on any atom is 0.251 e. The van der Waals surface area contributed by atoms with Crippen LogP contribution in [0.4, 0.5) is 0 Å². The number of aromatic amines is 1. The lowest BCUT2D eigenvalue weighted by molar-refractivity contribution is -0.145. The average Bonchev–Trinajstić information content (AvgIpc) is 2.88. The smallest absolute Gasteiger partial charge is 0.251 e. The lowest BCUT2D eigenvalue weighted by Gasteiger charge is -2.24. The van der Waals surface area contributed by atoms with Gasteiger partial charge in [0.15, 0.2) is 0 Å². The zero-order chi connectivity index (χ0) is 14.5. The number of aliphatic hydroxyl groups excluding tert-OH is 1. The molecule has 1 fully saturated rings. The minimum Gasteiger partial charge on any atom is -0.383 e. The molecule has 7 nitrogen and oxygen atoms in total. The Hall–Kier alpha value is -1.89. The predicted octanol–water partition coefficient (Wildman–Crippen LogP) is -0.259.